The number of aromatic nitrogens is 3. The Morgan fingerprint density at radius 1 is 1.07 bits per heavy atom. The minimum absolute atomic E-state index is 0.0758. The Morgan fingerprint density at radius 3 is 2.40 bits per heavy atom. The molecule has 8 nitrogen and oxygen atoms in total. The summed E-state index contributed by atoms with van der Waals surface area (Å²) < 4.78 is 0. The van der Waals surface area contributed by atoms with Gasteiger partial charge in [-0.25, -0.2) is 9.97 Å². The van der Waals surface area contributed by atoms with Crippen molar-refractivity contribution in [2.75, 3.05) is 24.5 Å². The molecule has 2 fully saturated rings. The molecule has 158 valence electrons. The summed E-state index contributed by atoms with van der Waals surface area (Å²) in [6.45, 7) is 2.70. The molecule has 0 radical (unpaired) electrons. The van der Waals surface area contributed by atoms with Crippen molar-refractivity contribution in [1.29, 1.82) is 0 Å². The Bertz CT molecular complexity index is 848. The zero-order valence-electron chi connectivity index (χ0n) is 17.1. The van der Waals surface area contributed by atoms with E-state index in [0.717, 1.165) is 38.8 Å². The first kappa shape index (κ1) is 20.3. The van der Waals surface area contributed by atoms with Gasteiger partial charge in [-0.2, -0.15) is 0 Å². The first-order chi connectivity index (χ1) is 14.7. The van der Waals surface area contributed by atoms with E-state index in [1.165, 1.54) is 24.4 Å². The highest BCUT2D eigenvalue weighted by atomic mass is 16.2. The third kappa shape index (κ3) is 4.58. The van der Waals surface area contributed by atoms with Gasteiger partial charge in [0.15, 0.2) is 0 Å². The molecule has 0 bridgehead atoms. The number of carbonyl (C=O) groups is 2. The summed E-state index contributed by atoms with van der Waals surface area (Å²) in [7, 11) is 0. The van der Waals surface area contributed by atoms with Gasteiger partial charge in [0.1, 0.15) is 11.9 Å². The molecule has 1 saturated carbocycles. The smallest absolute Gasteiger partial charge is 0.255 e. The van der Waals surface area contributed by atoms with E-state index in [1.54, 1.807) is 0 Å². The SMILES string of the molecule is O=C(NC1(C(=O)NCCC2CCN(c3ccncc3)CC2)CCC1)c1cncnc1. The van der Waals surface area contributed by atoms with Crippen LogP contribution in [-0.4, -0.2) is 51.9 Å². The van der Waals surface area contributed by atoms with Crippen LogP contribution in [0.4, 0.5) is 5.69 Å². The van der Waals surface area contributed by atoms with Gasteiger partial charge in [0.05, 0.1) is 5.56 Å². The molecule has 1 saturated heterocycles. The predicted octanol–water partition coefficient (Wildman–Crippen LogP) is 1.95. The van der Waals surface area contributed by atoms with Gasteiger partial charge in [0, 0.05) is 50.1 Å². The number of piperidine rings is 1. The van der Waals surface area contributed by atoms with Crippen molar-refractivity contribution < 1.29 is 9.59 Å². The molecule has 1 aliphatic heterocycles. The van der Waals surface area contributed by atoms with Gasteiger partial charge >= 0.3 is 0 Å². The van der Waals surface area contributed by atoms with Gasteiger partial charge in [-0.15, -0.1) is 0 Å². The van der Waals surface area contributed by atoms with Crippen molar-refractivity contribution in [1.82, 2.24) is 25.6 Å². The number of hydrogen-bond donors (Lipinski definition) is 2. The van der Waals surface area contributed by atoms with Crippen molar-refractivity contribution >= 4 is 17.5 Å². The molecule has 2 aromatic heterocycles. The molecule has 2 amide bonds. The molecule has 30 heavy (non-hydrogen) atoms. The summed E-state index contributed by atoms with van der Waals surface area (Å²) in [6.07, 6.45) is 13.4. The lowest BCUT2D eigenvalue weighted by molar-refractivity contribution is -0.130. The van der Waals surface area contributed by atoms with Crippen LogP contribution >= 0.6 is 0 Å². The number of amides is 2. The summed E-state index contributed by atoms with van der Waals surface area (Å²) in [6, 6.07) is 4.10. The summed E-state index contributed by atoms with van der Waals surface area (Å²) in [5, 5.41) is 5.98. The molecule has 0 spiro atoms. The quantitative estimate of drug-likeness (QED) is 0.726. The summed E-state index contributed by atoms with van der Waals surface area (Å²) in [5.41, 5.74) is 0.804. The zero-order valence-corrected chi connectivity index (χ0v) is 17.1. The number of nitrogens with zero attached hydrogens (tertiary/aromatic N) is 4. The minimum Gasteiger partial charge on any atom is -0.371 e. The molecule has 2 aromatic rings. The van der Waals surface area contributed by atoms with Crippen LogP contribution in [0.5, 0.6) is 0 Å². The molecule has 1 aliphatic carbocycles. The van der Waals surface area contributed by atoms with Crippen molar-refractivity contribution in [2.45, 2.75) is 44.1 Å². The Hall–Kier alpha value is -3.03. The van der Waals surface area contributed by atoms with E-state index in [0.29, 0.717) is 30.9 Å². The van der Waals surface area contributed by atoms with Crippen molar-refractivity contribution in [2.24, 2.45) is 5.92 Å². The fraction of sp³-hybridized carbons (Fsp3) is 0.500. The zero-order chi connectivity index (χ0) is 20.8. The Morgan fingerprint density at radius 2 is 1.77 bits per heavy atom. The van der Waals surface area contributed by atoms with E-state index in [4.69, 9.17) is 0 Å². The van der Waals surface area contributed by atoms with Crippen molar-refractivity contribution in [3.8, 4) is 0 Å². The highest BCUT2D eigenvalue weighted by Gasteiger charge is 2.45. The van der Waals surface area contributed by atoms with Crippen LogP contribution in [0.25, 0.3) is 0 Å². The van der Waals surface area contributed by atoms with E-state index in [9.17, 15) is 9.59 Å². The first-order valence-electron chi connectivity index (χ1n) is 10.7. The highest BCUT2D eigenvalue weighted by Crippen LogP contribution is 2.32. The Kier molecular flexibility index (Phi) is 6.21. The van der Waals surface area contributed by atoms with Crippen LogP contribution in [0.3, 0.4) is 0 Å². The molecule has 0 atom stereocenters. The van der Waals surface area contributed by atoms with Crippen LogP contribution in [0, 0.1) is 5.92 Å². The van der Waals surface area contributed by atoms with Crippen molar-refractivity contribution in [3.63, 3.8) is 0 Å². The van der Waals surface area contributed by atoms with Crippen LogP contribution in [0.1, 0.15) is 48.9 Å². The summed E-state index contributed by atoms with van der Waals surface area (Å²) in [5.74, 6) is 0.235. The molecule has 2 aliphatic rings. The molecule has 2 N–H and O–H groups in total. The topological polar surface area (TPSA) is 100 Å². The monoisotopic (exact) mass is 408 g/mol. The number of pyridine rings is 1. The maximum atomic E-state index is 12.8. The van der Waals surface area contributed by atoms with Gasteiger partial charge < -0.3 is 15.5 Å². The van der Waals surface area contributed by atoms with Gasteiger partial charge in [0.25, 0.3) is 5.91 Å². The normalized spacial score (nSPS) is 18.3. The molecule has 4 rings (SSSR count). The summed E-state index contributed by atoms with van der Waals surface area (Å²) >= 11 is 0. The van der Waals surface area contributed by atoms with Crippen LogP contribution in [-0.2, 0) is 4.79 Å². The maximum Gasteiger partial charge on any atom is 0.255 e. The standard InChI is InChI=1S/C22H28N6O2/c29-20(18-14-24-16-25-15-18)27-22(7-1-8-22)21(30)26-11-2-17-5-12-28(13-6-17)19-3-9-23-10-4-19/h3-4,9-10,14-17H,1-2,5-8,11-13H2,(H,26,30)(H,27,29). The average Bonchev–Trinajstić information content (AvgIpc) is 2.77. The molecule has 0 aromatic carbocycles. The third-order valence-electron chi connectivity index (χ3n) is 6.30. The van der Waals surface area contributed by atoms with Gasteiger partial charge in [-0.1, -0.05) is 0 Å². The molecule has 3 heterocycles. The lowest BCUT2D eigenvalue weighted by Gasteiger charge is -2.41. The number of rotatable bonds is 7. The minimum atomic E-state index is -0.794. The summed E-state index contributed by atoms with van der Waals surface area (Å²) in [4.78, 5) is 39.5. The molecular weight excluding hydrogens is 380 g/mol. The van der Waals surface area contributed by atoms with Gasteiger partial charge in [-0.3, -0.25) is 14.6 Å². The maximum absolute atomic E-state index is 12.8. The first-order valence-corrected chi connectivity index (χ1v) is 10.7. The lowest BCUT2D eigenvalue weighted by atomic mass is 9.75. The third-order valence-corrected chi connectivity index (χ3v) is 6.30. The predicted molar refractivity (Wildman–Crippen MR) is 113 cm³/mol. The Labute approximate surface area is 176 Å². The fourth-order valence-electron chi connectivity index (χ4n) is 4.24. The van der Waals surface area contributed by atoms with E-state index in [2.05, 4.69) is 42.6 Å². The number of carbonyl (C=O) groups excluding carboxylic acids is 2. The highest BCUT2D eigenvalue weighted by molar-refractivity contribution is 5.99. The van der Waals surface area contributed by atoms with E-state index in [1.807, 2.05) is 12.4 Å². The van der Waals surface area contributed by atoms with Crippen LogP contribution < -0.4 is 15.5 Å². The van der Waals surface area contributed by atoms with Crippen molar-refractivity contribution in [3.05, 3.63) is 48.8 Å². The number of anilines is 1. The largest absolute Gasteiger partial charge is 0.371 e. The van der Waals surface area contributed by atoms with Crippen LogP contribution in [0.15, 0.2) is 43.2 Å². The van der Waals surface area contributed by atoms with Gasteiger partial charge in [0.2, 0.25) is 5.91 Å². The fourth-order valence-corrected chi connectivity index (χ4v) is 4.24. The molecule has 0 unspecified atom stereocenters. The van der Waals surface area contributed by atoms with Crippen LogP contribution in [0.2, 0.25) is 0 Å². The number of hydrogen-bond acceptors (Lipinski definition) is 6. The second kappa shape index (κ2) is 9.19. The second-order valence-corrected chi connectivity index (χ2v) is 8.20. The van der Waals surface area contributed by atoms with E-state index < -0.39 is 5.54 Å². The van der Waals surface area contributed by atoms with E-state index in [-0.39, 0.29) is 11.8 Å². The average molecular weight is 409 g/mol. The second-order valence-electron chi connectivity index (χ2n) is 8.20. The van der Waals surface area contributed by atoms with E-state index >= 15 is 0 Å². The lowest BCUT2D eigenvalue weighted by Crippen LogP contribution is -2.63. The van der Waals surface area contributed by atoms with Gasteiger partial charge in [-0.05, 0) is 56.6 Å². The molecule has 8 heteroatoms. The molecular formula is C22H28N6O2. The number of nitrogens with one attached hydrogen (secondary N) is 2. The Balaban J connectivity index is 1.22.